The second kappa shape index (κ2) is 16.7. The number of anilines is 1. The number of carbonyl (C=O) groups is 2. The molecule has 3 fully saturated rings. The lowest BCUT2D eigenvalue weighted by molar-refractivity contribution is -0.904. The molecule has 286 valence electrons. The number of carbonyl (C=O) groups excluding carboxylic acids is 1. The first-order chi connectivity index (χ1) is 25.8. The number of hydrogen-bond donors (Lipinski definition) is 2. The first kappa shape index (κ1) is 38.9. The largest absolute Gasteiger partial charge is 0.478 e. The van der Waals surface area contributed by atoms with E-state index in [1.54, 1.807) is 0 Å². The Morgan fingerprint density at radius 1 is 0.926 bits per heavy atom. The number of aromatic nitrogens is 1. The van der Waals surface area contributed by atoms with Crippen molar-refractivity contribution in [1.82, 2.24) is 4.90 Å². The number of halogens is 7. The van der Waals surface area contributed by atoms with Gasteiger partial charge in [-0.15, -0.1) is 0 Å². The topological polar surface area (TPSA) is 113 Å². The van der Waals surface area contributed by atoms with Crippen LogP contribution in [0.15, 0.2) is 73.1 Å². The molecule has 2 bridgehead atoms. The molecule has 0 unspecified atom stereocenters. The summed E-state index contributed by atoms with van der Waals surface area (Å²) in [6.07, 6.45) is 2.25. The number of carboxylic acids is 1. The first-order valence-corrected chi connectivity index (χ1v) is 17.5. The summed E-state index contributed by atoms with van der Waals surface area (Å²) >= 11 is 13.0. The molecule has 3 saturated heterocycles. The Labute approximate surface area is 315 Å². The van der Waals surface area contributed by atoms with E-state index in [4.69, 9.17) is 27.9 Å². The van der Waals surface area contributed by atoms with E-state index in [0.29, 0.717) is 11.3 Å². The average Bonchev–Trinajstić information content (AvgIpc) is 3.11. The van der Waals surface area contributed by atoms with Crippen LogP contribution >= 0.6 is 23.2 Å². The number of fused-ring (bicyclic) bond motifs is 3. The second-order valence-corrected chi connectivity index (χ2v) is 13.6. The monoisotopic (exact) mass is 796 g/mol. The van der Waals surface area contributed by atoms with Crippen molar-refractivity contribution < 1.29 is 60.8 Å². The number of aromatic carboxylic acids is 1. The van der Waals surface area contributed by atoms with Gasteiger partial charge < -0.3 is 19.3 Å². The van der Waals surface area contributed by atoms with E-state index in [0.717, 1.165) is 61.4 Å². The lowest BCUT2D eigenvalue weighted by Gasteiger charge is -2.44. The summed E-state index contributed by atoms with van der Waals surface area (Å²) in [5.74, 6) is -4.79. The van der Waals surface area contributed by atoms with Crippen molar-refractivity contribution in [3.05, 3.63) is 117 Å². The zero-order chi connectivity index (χ0) is 38.7. The molecule has 0 spiro atoms. The molecule has 0 aliphatic carbocycles. The van der Waals surface area contributed by atoms with Crippen molar-refractivity contribution in [2.75, 3.05) is 24.5 Å². The number of piperidine rings is 3. The van der Waals surface area contributed by atoms with Crippen molar-refractivity contribution in [3.63, 3.8) is 0 Å². The van der Waals surface area contributed by atoms with Crippen LogP contribution in [0.1, 0.15) is 51.4 Å². The summed E-state index contributed by atoms with van der Waals surface area (Å²) in [4.78, 5) is 30.2. The number of ether oxygens (including phenoxy) is 3. The third-order valence-electron chi connectivity index (χ3n) is 9.59. The fourth-order valence-electron chi connectivity index (χ4n) is 7.12. The highest BCUT2D eigenvalue weighted by Crippen LogP contribution is 2.42. The molecule has 1 amide bonds. The summed E-state index contributed by atoms with van der Waals surface area (Å²) in [5, 5.41) is 20.4. The number of pyridine rings is 1. The molecule has 1 aromatic heterocycles. The molecular weight excluding hydrogens is 764 g/mol. The van der Waals surface area contributed by atoms with Gasteiger partial charge in [-0.1, -0.05) is 53.5 Å². The minimum absolute atomic E-state index is 0.0142. The van der Waals surface area contributed by atoms with E-state index < -0.39 is 61.2 Å². The lowest BCUT2D eigenvalue weighted by atomic mass is 9.80. The van der Waals surface area contributed by atoms with Gasteiger partial charge in [-0.05, 0) is 85.3 Å². The highest BCUT2D eigenvalue weighted by molar-refractivity contribution is 6.35. The predicted molar refractivity (Wildman–Crippen MR) is 185 cm³/mol. The Morgan fingerprint density at radius 3 is 2.20 bits per heavy atom. The number of nitrogens with zero attached hydrogens (tertiary/aromatic N) is 3. The third kappa shape index (κ3) is 8.74. The van der Waals surface area contributed by atoms with Gasteiger partial charge in [0.15, 0.2) is 11.5 Å². The SMILES string of the molecule is O=C(O)c1cccc(CN(C(=O)O[C@H]2CN3CCC2CC3)c2ccccc2F)c1[C@@H](Cc1c(Cl)c[n+](O)cc1Cl)c1ccc(OC(F)F)c(OC(F)F)c1. The van der Waals surface area contributed by atoms with Crippen LogP contribution in [-0.4, -0.2) is 66.2 Å². The maximum atomic E-state index is 15.5. The number of alkyl halides is 4. The van der Waals surface area contributed by atoms with E-state index in [2.05, 4.69) is 14.4 Å². The molecule has 3 aromatic carbocycles. The molecule has 3 aliphatic heterocycles. The Balaban J connectivity index is 1.51. The van der Waals surface area contributed by atoms with Crippen molar-refractivity contribution in [3.8, 4) is 11.5 Å². The van der Waals surface area contributed by atoms with Crippen LogP contribution in [0.4, 0.5) is 32.4 Å². The molecule has 0 radical (unpaired) electrons. The molecular formula is C37H33Cl2F5N3O7+. The summed E-state index contributed by atoms with van der Waals surface area (Å²) in [6.45, 7) is -5.05. The van der Waals surface area contributed by atoms with Crippen LogP contribution in [0, 0.1) is 11.7 Å². The quantitative estimate of drug-likeness (QED) is 0.0792. The molecule has 54 heavy (non-hydrogen) atoms. The molecule has 3 aliphatic rings. The van der Waals surface area contributed by atoms with E-state index >= 15 is 4.39 Å². The van der Waals surface area contributed by atoms with Gasteiger partial charge >= 0.3 is 25.3 Å². The zero-order valence-electron chi connectivity index (χ0n) is 28.2. The highest BCUT2D eigenvalue weighted by atomic mass is 35.5. The van der Waals surface area contributed by atoms with E-state index in [9.17, 15) is 37.5 Å². The molecule has 2 N–H and O–H groups in total. The summed E-state index contributed by atoms with van der Waals surface area (Å²) in [6, 6.07) is 12.9. The van der Waals surface area contributed by atoms with Crippen LogP contribution in [0.2, 0.25) is 10.0 Å². The van der Waals surface area contributed by atoms with Crippen LogP contribution in [-0.2, 0) is 17.7 Å². The zero-order valence-corrected chi connectivity index (χ0v) is 29.7. The number of benzene rings is 3. The summed E-state index contributed by atoms with van der Waals surface area (Å²) in [5.41, 5.74) is -0.0470. The number of para-hydroxylation sites is 1. The predicted octanol–water partition coefficient (Wildman–Crippen LogP) is 8.17. The second-order valence-electron chi connectivity index (χ2n) is 12.8. The maximum absolute atomic E-state index is 15.5. The van der Waals surface area contributed by atoms with Gasteiger partial charge in [0, 0.05) is 22.8 Å². The summed E-state index contributed by atoms with van der Waals surface area (Å²) in [7, 11) is 0. The summed E-state index contributed by atoms with van der Waals surface area (Å²) < 4.78 is 84.7. The van der Waals surface area contributed by atoms with Gasteiger partial charge in [0.25, 0.3) is 0 Å². The molecule has 10 nitrogen and oxygen atoms in total. The number of rotatable bonds is 13. The minimum Gasteiger partial charge on any atom is -0.478 e. The molecule has 4 heterocycles. The number of hydrogen-bond acceptors (Lipinski definition) is 7. The van der Waals surface area contributed by atoms with Crippen LogP contribution in [0.3, 0.4) is 0 Å². The fourth-order valence-corrected chi connectivity index (χ4v) is 7.73. The normalized spacial score (nSPS) is 18.4. The van der Waals surface area contributed by atoms with Crippen LogP contribution in [0.25, 0.3) is 0 Å². The van der Waals surface area contributed by atoms with E-state index in [1.807, 2.05) is 0 Å². The lowest BCUT2D eigenvalue weighted by Crippen LogP contribution is -2.53. The number of amides is 1. The van der Waals surface area contributed by atoms with Gasteiger partial charge in [-0.2, -0.15) is 17.6 Å². The van der Waals surface area contributed by atoms with Crippen molar-refractivity contribution >= 4 is 41.0 Å². The van der Waals surface area contributed by atoms with Gasteiger partial charge in [0.2, 0.25) is 12.4 Å². The Bertz CT molecular complexity index is 2000. The van der Waals surface area contributed by atoms with Crippen molar-refractivity contribution in [2.45, 2.75) is 51.1 Å². The number of carboxylic acid groups (broad SMARTS) is 1. The Kier molecular flexibility index (Phi) is 12.0. The van der Waals surface area contributed by atoms with Crippen LogP contribution in [0.5, 0.6) is 11.5 Å². The minimum atomic E-state index is -3.46. The standard InChI is InChI=1S/C37H32Cl2F5N3O7/c38-26-17-46(51)18-27(39)25(26)15-24(21-8-9-30(52-35(41)42)31(14-21)53-36(43)44)33-22(4-3-5-23(33)34(48)49)16-47(29-7-2-1-6-28(29)40)37(50)54-32-19-45-12-10-20(32)11-13-45/h1-9,14,17-18,20,24,32,35-36H,10-13,15-16,19H2,(H-,48,49,51)/p+1/t24-,32-/m0/s1. The van der Waals surface area contributed by atoms with E-state index in [-0.39, 0.29) is 55.9 Å². The Morgan fingerprint density at radius 2 is 1.59 bits per heavy atom. The average molecular weight is 798 g/mol. The molecule has 17 heteroatoms. The Hall–Kier alpha value is -4.86. The van der Waals surface area contributed by atoms with Crippen LogP contribution < -0.4 is 19.1 Å². The molecule has 4 aromatic rings. The smallest absolute Gasteiger partial charge is 0.415 e. The first-order valence-electron chi connectivity index (χ1n) is 16.7. The third-order valence-corrected chi connectivity index (χ3v) is 10.2. The van der Waals surface area contributed by atoms with E-state index in [1.165, 1.54) is 42.5 Å². The van der Waals surface area contributed by atoms with Crippen molar-refractivity contribution in [1.29, 1.82) is 0 Å². The molecule has 0 saturated carbocycles. The molecule has 7 rings (SSSR count). The fraction of sp³-hybridized carbons (Fsp3) is 0.324. The van der Waals surface area contributed by atoms with Crippen molar-refractivity contribution in [2.24, 2.45) is 5.92 Å². The highest BCUT2D eigenvalue weighted by Gasteiger charge is 2.38. The van der Waals surface area contributed by atoms with Gasteiger partial charge in [0.1, 0.15) is 22.0 Å². The molecule has 2 atom stereocenters. The van der Waals surface area contributed by atoms with Gasteiger partial charge in [-0.3, -0.25) is 15.0 Å². The maximum Gasteiger partial charge on any atom is 0.415 e. The van der Waals surface area contributed by atoms with Gasteiger partial charge in [-0.25, -0.2) is 14.0 Å². The van der Waals surface area contributed by atoms with Gasteiger partial charge in [0.05, 0.1) is 17.8 Å².